The Kier molecular flexibility index (Phi) is 7.56. The number of aromatic amines is 1. The van der Waals surface area contributed by atoms with Gasteiger partial charge in [-0.2, -0.15) is 0 Å². The minimum atomic E-state index is -0.343. The van der Waals surface area contributed by atoms with Crippen molar-refractivity contribution in [3.63, 3.8) is 0 Å². The number of aryl methyl sites for hydroxylation is 1. The van der Waals surface area contributed by atoms with Gasteiger partial charge in [0.25, 0.3) is 0 Å². The SMILES string of the molecule is CCCC1=CC(C)C2=C(C=C1N(CC)CC)C(C)(C)c1[nH]c(C)cc(NC)cccc1C2=O. The maximum absolute atomic E-state index is 14.0. The molecule has 178 valence electrons. The molecule has 1 unspecified atom stereocenters. The van der Waals surface area contributed by atoms with Crippen molar-refractivity contribution in [2.75, 3.05) is 25.5 Å². The molecule has 4 heteroatoms. The lowest BCUT2D eigenvalue weighted by atomic mass is 9.68. The number of ketones is 1. The smallest absolute Gasteiger partial charge is 0.191 e. The fourth-order valence-corrected chi connectivity index (χ4v) is 5.24. The van der Waals surface area contributed by atoms with Crippen LogP contribution in [0.15, 0.2) is 58.8 Å². The number of allylic oxidation sites excluding steroid dienone is 5. The average molecular weight is 448 g/mol. The first-order valence-corrected chi connectivity index (χ1v) is 12.4. The van der Waals surface area contributed by atoms with Crippen molar-refractivity contribution < 1.29 is 4.79 Å². The Balaban J connectivity index is 2.36. The van der Waals surface area contributed by atoms with Crippen molar-refractivity contribution in [2.45, 2.75) is 66.7 Å². The molecule has 1 atom stereocenters. The van der Waals surface area contributed by atoms with Gasteiger partial charge in [0.15, 0.2) is 5.78 Å². The lowest BCUT2D eigenvalue weighted by Gasteiger charge is -2.36. The number of rotatable bonds is 6. The predicted molar refractivity (Wildman–Crippen MR) is 140 cm³/mol. The number of hydrogen-bond donors (Lipinski definition) is 2. The number of carbonyl (C=O) groups excluding carboxylic acids is 1. The van der Waals surface area contributed by atoms with E-state index in [4.69, 9.17) is 0 Å². The van der Waals surface area contributed by atoms with E-state index in [0.29, 0.717) is 0 Å². The third-order valence-corrected chi connectivity index (χ3v) is 7.01. The third-order valence-electron chi connectivity index (χ3n) is 7.01. The van der Waals surface area contributed by atoms with Crippen molar-refractivity contribution in [3.8, 4) is 0 Å². The van der Waals surface area contributed by atoms with Gasteiger partial charge in [0.05, 0.1) is 0 Å². The summed E-state index contributed by atoms with van der Waals surface area (Å²) >= 11 is 0. The molecule has 1 aromatic heterocycles. The number of likely N-dealkylation sites (N-methyl/N-ethyl adjacent to an activating group) is 1. The largest absolute Gasteiger partial charge is 0.388 e. The van der Waals surface area contributed by atoms with Gasteiger partial charge in [0.2, 0.25) is 0 Å². The molecule has 0 bridgehead atoms. The van der Waals surface area contributed by atoms with Crippen LogP contribution in [0.5, 0.6) is 0 Å². The highest BCUT2D eigenvalue weighted by Crippen LogP contribution is 2.45. The molecule has 0 amide bonds. The number of anilines is 1. The van der Waals surface area contributed by atoms with E-state index in [-0.39, 0.29) is 17.1 Å². The molecule has 0 fully saturated rings. The first-order chi connectivity index (χ1) is 15.7. The van der Waals surface area contributed by atoms with E-state index in [0.717, 1.165) is 59.7 Å². The van der Waals surface area contributed by atoms with Crippen LogP contribution in [0, 0.1) is 12.8 Å². The fraction of sp³-hybridized carbons (Fsp3) is 0.483. The Morgan fingerprint density at radius 1 is 1.15 bits per heavy atom. The van der Waals surface area contributed by atoms with Gasteiger partial charge in [-0.1, -0.05) is 46.3 Å². The van der Waals surface area contributed by atoms with Gasteiger partial charge >= 0.3 is 0 Å². The summed E-state index contributed by atoms with van der Waals surface area (Å²) in [6, 6.07) is 8.05. The normalized spacial score (nSPS) is 19.0. The van der Waals surface area contributed by atoms with Gasteiger partial charge < -0.3 is 15.2 Å². The topological polar surface area (TPSA) is 48.1 Å². The van der Waals surface area contributed by atoms with Crippen LogP contribution in [0.2, 0.25) is 0 Å². The predicted octanol–water partition coefficient (Wildman–Crippen LogP) is 6.86. The maximum Gasteiger partial charge on any atom is 0.191 e. The number of nitrogens with zero attached hydrogens (tertiary/aromatic N) is 1. The zero-order chi connectivity index (χ0) is 24.3. The molecule has 4 nitrogen and oxygen atoms in total. The van der Waals surface area contributed by atoms with E-state index >= 15 is 0 Å². The monoisotopic (exact) mass is 447 g/mol. The Hall–Kier alpha value is -2.75. The summed E-state index contributed by atoms with van der Waals surface area (Å²) in [5, 5.41) is 3.21. The lowest BCUT2D eigenvalue weighted by Crippen LogP contribution is -2.33. The van der Waals surface area contributed by atoms with E-state index in [2.05, 4.69) is 81.9 Å². The highest BCUT2D eigenvalue weighted by molar-refractivity contribution is 6.12. The first kappa shape index (κ1) is 24.9. The van der Waals surface area contributed by atoms with Gasteiger partial charge in [0.1, 0.15) is 0 Å². The molecule has 0 aromatic carbocycles. The van der Waals surface area contributed by atoms with Crippen LogP contribution >= 0.6 is 0 Å². The minimum Gasteiger partial charge on any atom is -0.388 e. The summed E-state index contributed by atoms with van der Waals surface area (Å²) in [5.41, 5.74) is 8.10. The van der Waals surface area contributed by atoms with E-state index in [9.17, 15) is 4.79 Å². The maximum atomic E-state index is 14.0. The second kappa shape index (κ2) is 10.0. The van der Waals surface area contributed by atoms with E-state index in [1.807, 2.05) is 25.2 Å². The molecular weight excluding hydrogens is 406 g/mol. The minimum absolute atomic E-state index is 0.0627. The van der Waals surface area contributed by atoms with Gasteiger partial charge in [-0.3, -0.25) is 4.79 Å². The van der Waals surface area contributed by atoms with Crippen molar-refractivity contribution >= 4 is 11.5 Å². The highest BCUT2D eigenvalue weighted by Gasteiger charge is 2.41. The van der Waals surface area contributed by atoms with Crippen LogP contribution < -0.4 is 5.32 Å². The van der Waals surface area contributed by atoms with Crippen LogP contribution in [0.4, 0.5) is 5.69 Å². The van der Waals surface area contributed by atoms with Crippen molar-refractivity contribution in [2.24, 2.45) is 5.92 Å². The van der Waals surface area contributed by atoms with Crippen LogP contribution in [0.3, 0.4) is 0 Å². The molecular formula is C29H41N3O. The Bertz CT molecular complexity index is 1060. The Labute approximate surface area is 200 Å². The number of fused-ring (bicyclic) bond motifs is 1. The number of carbonyl (C=O) groups is 1. The molecule has 1 heterocycles. The molecule has 2 N–H and O–H groups in total. The van der Waals surface area contributed by atoms with Crippen molar-refractivity contribution in [3.05, 3.63) is 75.8 Å². The second-order valence-corrected chi connectivity index (χ2v) is 9.69. The molecule has 33 heavy (non-hydrogen) atoms. The number of H-pyrrole nitrogens is 1. The highest BCUT2D eigenvalue weighted by atomic mass is 16.1. The van der Waals surface area contributed by atoms with Crippen LogP contribution in [0.25, 0.3) is 0 Å². The van der Waals surface area contributed by atoms with Gasteiger partial charge in [0, 0.05) is 65.4 Å². The Morgan fingerprint density at radius 3 is 2.45 bits per heavy atom. The average Bonchev–Trinajstić information content (AvgIpc) is 2.85. The molecule has 0 saturated carbocycles. The van der Waals surface area contributed by atoms with Gasteiger partial charge in [-0.05, 0) is 62.6 Å². The molecule has 0 aliphatic heterocycles. The van der Waals surface area contributed by atoms with Gasteiger partial charge in [-0.15, -0.1) is 0 Å². The van der Waals surface area contributed by atoms with E-state index < -0.39 is 0 Å². The molecule has 0 radical (unpaired) electrons. The summed E-state index contributed by atoms with van der Waals surface area (Å²) in [6.07, 6.45) is 6.77. The molecule has 2 aliphatic carbocycles. The second-order valence-electron chi connectivity index (χ2n) is 9.69. The molecule has 0 saturated heterocycles. The fourth-order valence-electron chi connectivity index (χ4n) is 5.24. The number of aromatic nitrogens is 1. The summed E-state index contributed by atoms with van der Waals surface area (Å²) in [5.74, 6) is 0.196. The van der Waals surface area contributed by atoms with Gasteiger partial charge in [-0.25, -0.2) is 0 Å². The van der Waals surface area contributed by atoms with E-state index in [1.165, 1.54) is 11.3 Å². The molecule has 1 aromatic rings. The molecule has 2 aliphatic rings. The standard InChI is InChI=1S/C29H41N3O/c1-9-13-21-16-19(4)26-24(18-25(21)32(10-2)11-3)29(6,7)28-23(27(26)33)15-12-14-22(30-8)17-20(5)31-28/h12,14-19,30-31H,9-11,13H2,1-8H3. The van der Waals surface area contributed by atoms with Crippen LogP contribution in [0.1, 0.15) is 76.1 Å². The van der Waals surface area contributed by atoms with Crippen molar-refractivity contribution in [1.29, 1.82) is 0 Å². The number of hydrogen-bond acceptors (Lipinski definition) is 3. The zero-order valence-corrected chi connectivity index (χ0v) is 21.7. The lowest BCUT2D eigenvalue weighted by molar-refractivity contribution is 0.101. The summed E-state index contributed by atoms with van der Waals surface area (Å²) < 4.78 is 0. The summed E-state index contributed by atoms with van der Waals surface area (Å²) in [6.45, 7) is 17.3. The Morgan fingerprint density at radius 2 is 1.85 bits per heavy atom. The van der Waals surface area contributed by atoms with Crippen molar-refractivity contribution in [1.82, 2.24) is 9.88 Å². The number of Topliss-reactive ketones (excluding diaryl/α,β-unsaturated/α-hetero) is 1. The van der Waals surface area contributed by atoms with Crippen LogP contribution in [-0.2, 0) is 5.41 Å². The number of nitrogens with one attached hydrogen (secondary N) is 2. The van der Waals surface area contributed by atoms with E-state index in [1.54, 1.807) is 0 Å². The summed E-state index contributed by atoms with van der Waals surface area (Å²) in [7, 11) is 1.91. The first-order valence-electron chi connectivity index (χ1n) is 12.4. The third kappa shape index (κ3) is 4.66. The molecule has 3 rings (SSSR count). The van der Waals surface area contributed by atoms with Crippen LogP contribution in [-0.4, -0.2) is 35.8 Å². The summed E-state index contributed by atoms with van der Waals surface area (Å²) in [4.78, 5) is 20.1. The quantitative estimate of drug-likeness (QED) is 0.501. The molecule has 0 spiro atoms. The zero-order valence-electron chi connectivity index (χ0n) is 21.7.